The third-order valence-electron chi connectivity index (χ3n) is 3.28. The summed E-state index contributed by atoms with van der Waals surface area (Å²) in [5, 5.41) is 3.63. The molecular weight excluding hydrogens is 269 g/mol. The van der Waals surface area contributed by atoms with Gasteiger partial charge in [-0.25, -0.2) is 4.39 Å². The Labute approximate surface area is 127 Å². The van der Waals surface area contributed by atoms with E-state index in [0.717, 1.165) is 23.1 Å². The first kappa shape index (κ1) is 17.5. The van der Waals surface area contributed by atoms with E-state index in [4.69, 9.17) is 0 Å². The molecule has 0 amide bonds. The highest BCUT2D eigenvalue weighted by atomic mass is 32.2. The van der Waals surface area contributed by atoms with Crippen molar-refractivity contribution in [2.75, 3.05) is 12.3 Å². The van der Waals surface area contributed by atoms with E-state index in [1.54, 1.807) is 0 Å². The van der Waals surface area contributed by atoms with Gasteiger partial charge in [-0.2, -0.15) is 0 Å². The molecule has 1 aromatic carbocycles. The molecule has 0 spiro atoms. The van der Waals surface area contributed by atoms with Gasteiger partial charge in [0, 0.05) is 16.7 Å². The van der Waals surface area contributed by atoms with Crippen molar-refractivity contribution in [3.8, 4) is 0 Å². The van der Waals surface area contributed by atoms with E-state index < -0.39 is 0 Å². The number of benzene rings is 1. The van der Waals surface area contributed by atoms with E-state index in [-0.39, 0.29) is 5.82 Å². The van der Waals surface area contributed by atoms with Crippen LogP contribution in [-0.2, 0) is 0 Å². The fourth-order valence-electron chi connectivity index (χ4n) is 2.09. The minimum atomic E-state index is -0.160. The van der Waals surface area contributed by atoms with Gasteiger partial charge >= 0.3 is 0 Å². The predicted octanol–water partition coefficient (Wildman–Crippen LogP) is 5.11. The van der Waals surface area contributed by atoms with Gasteiger partial charge in [-0.3, -0.25) is 0 Å². The average Bonchev–Trinajstić information content (AvgIpc) is 2.42. The smallest absolute Gasteiger partial charge is 0.123 e. The number of hydrogen-bond donors (Lipinski definition) is 1. The summed E-state index contributed by atoms with van der Waals surface area (Å²) in [6.07, 6.45) is 4.98. The van der Waals surface area contributed by atoms with E-state index in [2.05, 4.69) is 26.1 Å². The summed E-state index contributed by atoms with van der Waals surface area (Å²) >= 11 is 1.82. The number of hydrogen-bond acceptors (Lipinski definition) is 2. The number of rotatable bonds is 10. The maximum absolute atomic E-state index is 12.9. The lowest BCUT2D eigenvalue weighted by atomic mass is 10.0. The quantitative estimate of drug-likeness (QED) is 0.602. The first-order valence-corrected chi connectivity index (χ1v) is 8.72. The minimum Gasteiger partial charge on any atom is -0.313 e. The summed E-state index contributed by atoms with van der Waals surface area (Å²) in [5.74, 6) is 1.68. The van der Waals surface area contributed by atoms with Crippen LogP contribution in [0.15, 0.2) is 29.2 Å². The summed E-state index contributed by atoms with van der Waals surface area (Å²) in [5.41, 5.74) is 0. The van der Waals surface area contributed by atoms with E-state index in [0.29, 0.717) is 6.04 Å². The topological polar surface area (TPSA) is 12.0 Å². The van der Waals surface area contributed by atoms with Gasteiger partial charge in [0.2, 0.25) is 0 Å². The van der Waals surface area contributed by atoms with Crippen molar-refractivity contribution in [2.24, 2.45) is 5.92 Å². The molecule has 1 unspecified atom stereocenters. The average molecular weight is 297 g/mol. The monoisotopic (exact) mass is 297 g/mol. The van der Waals surface area contributed by atoms with Crippen LogP contribution in [0.4, 0.5) is 4.39 Å². The standard InChI is InChI=1S/C17H28FNS/c1-4-12-19-16(7-5-6-14(2)3)13-20-17-10-8-15(18)9-11-17/h8-11,14,16,19H,4-7,12-13H2,1-3H3. The molecule has 0 radical (unpaired) electrons. The fraction of sp³-hybridized carbons (Fsp3) is 0.647. The summed E-state index contributed by atoms with van der Waals surface area (Å²) in [4.78, 5) is 1.15. The second kappa shape index (κ2) is 10.2. The molecule has 0 bridgehead atoms. The molecule has 0 fully saturated rings. The molecule has 0 aliphatic rings. The molecule has 0 aliphatic carbocycles. The highest BCUT2D eigenvalue weighted by Crippen LogP contribution is 2.21. The summed E-state index contributed by atoms with van der Waals surface area (Å²) < 4.78 is 12.9. The Hall–Kier alpha value is -0.540. The zero-order chi connectivity index (χ0) is 14.8. The van der Waals surface area contributed by atoms with Crippen molar-refractivity contribution in [1.82, 2.24) is 5.32 Å². The highest BCUT2D eigenvalue weighted by molar-refractivity contribution is 7.99. The molecule has 1 atom stereocenters. The van der Waals surface area contributed by atoms with Crippen molar-refractivity contribution >= 4 is 11.8 Å². The molecule has 0 heterocycles. The van der Waals surface area contributed by atoms with Gasteiger partial charge in [0.25, 0.3) is 0 Å². The Morgan fingerprint density at radius 3 is 2.45 bits per heavy atom. The van der Waals surface area contributed by atoms with Crippen LogP contribution in [0.2, 0.25) is 0 Å². The molecule has 20 heavy (non-hydrogen) atoms. The number of thioether (sulfide) groups is 1. The molecule has 1 nitrogen and oxygen atoms in total. The maximum Gasteiger partial charge on any atom is 0.123 e. The largest absolute Gasteiger partial charge is 0.313 e. The van der Waals surface area contributed by atoms with Crippen molar-refractivity contribution < 1.29 is 4.39 Å². The number of nitrogens with one attached hydrogen (secondary N) is 1. The van der Waals surface area contributed by atoms with Gasteiger partial charge in [-0.05, 0) is 49.6 Å². The van der Waals surface area contributed by atoms with Crippen LogP contribution in [0, 0.1) is 11.7 Å². The third-order valence-corrected chi connectivity index (χ3v) is 4.46. The lowest BCUT2D eigenvalue weighted by molar-refractivity contribution is 0.462. The second-order valence-electron chi connectivity index (χ2n) is 5.74. The van der Waals surface area contributed by atoms with Crippen LogP contribution < -0.4 is 5.32 Å². The van der Waals surface area contributed by atoms with Gasteiger partial charge in [0.05, 0.1) is 0 Å². The maximum atomic E-state index is 12.9. The van der Waals surface area contributed by atoms with Crippen LogP contribution in [0.5, 0.6) is 0 Å². The molecule has 1 N–H and O–H groups in total. The summed E-state index contributed by atoms with van der Waals surface area (Å²) in [6, 6.07) is 7.37. The normalized spacial score (nSPS) is 12.8. The fourth-order valence-corrected chi connectivity index (χ4v) is 3.10. The van der Waals surface area contributed by atoms with Crippen LogP contribution in [0.25, 0.3) is 0 Å². The molecule has 0 saturated heterocycles. The Kier molecular flexibility index (Phi) is 8.95. The summed E-state index contributed by atoms with van der Waals surface area (Å²) in [6.45, 7) is 7.84. The van der Waals surface area contributed by atoms with Gasteiger partial charge in [-0.15, -0.1) is 11.8 Å². The Balaban J connectivity index is 2.36. The predicted molar refractivity (Wildman–Crippen MR) is 87.9 cm³/mol. The van der Waals surface area contributed by atoms with Gasteiger partial charge in [0.1, 0.15) is 5.82 Å². The SMILES string of the molecule is CCCNC(CCCC(C)C)CSc1ccc(F)cc1. The van der Waals surface area contributed by atoms with Crippen molar-refractivity contribution in [3.05, 3.63) is 30.1 Å². The third kappa shape index (κ3) is 7.91. The van der Waals surface area contributed by atoms with E-state index in [1.165, 1.54) is 37.8 Å². The zero-order valence-electron chi connectivity index (χ0n) is 13.0. The van der Waals surface area contributed by atoms with Gasteiger partial charge in [0.15, 0.2) is 0 Å². The molecule has 1 aromatic rings. The zero-order valence-corrected chi connectivity index (χ0v) is 13.8. The Morgan fingerprint density at radius 2 is 1.85 bits per heavy atom. The van der Waals surface area contributed by atoms with E-state index >= 15 is 0 Å². The van der Waals surface area contributed by atoms with E-state index in [1.807, 2.05) is 23.9 Å². The minimum absolute atomic E-state index is 0.160. The van der Waals surface area contributed by atoms with Crippen LogP contribution in [-0.4, -0.2) is 18.3 Å². The number of halogens is 1. The van der Waals surface area contributed by atoms with Gasteiger partial charge < -0.3 is 5.32 Å². The second-order valence-corrected chi connectivity index (χ2v) is 6.83. The first-order valence-electron chi connectivity index (χ1n) is 7.73. The van der Waals surface area contributed by atoms with E-state index in [9.17, 15) is 4.39 Å². The van der Waals surface area contributed by atoms with Crippen molar-refractivity contribution in [3.63, 3.8) is 0 Å². The molecule has 114 valence electrons. The Bertz CT molecular complexity index is 351. The lowest BCUT2D eigenvalue weighted by Crippen LogP contribution is -2.32. The molecule has 0 aliphatic heterocycles. The van der Waals surface area contributed by atoms with Crippen LogP contribution in [0.3, 0.4) is 0 Å². The molecule has 3 heteroatoms. The molecule has 0 saturated carbocycles. The molecule has 0 aromatic heterocycles. The van der Waals surface area contributed by atoms with Gasteiger partial charge in [-0.1, -0.05) is 33.6 Å². The molecule has 1 rings (SSSR count). The Morgan fingerprint density at radius 1 is 1.15 bits per heavy atom. The van der Waals surface area contributed by atoms with Crippen LogP contribution >= 0.6 is 11.8 Å². The molecular formula is C17H28FNS. The first-order chi connectivity index (χ1) is 9.61. The van der Waals surface area contributed by atoms with Crippen molar-refractivity contribution in [2.45, 2.75) is 57.4 Å². The lowest BCUT2D eigenvalue weighted by Gasteiger charge is -2.18. The summed E-state index contributed by atoms with van der Waals surface area (Å²) in [7, 11) is 0. The highest BCUT2D eigenvalue weighted by Gasteiger charge is 2.09. The van der Waals surface area contributed by atoms with Crippen LogP contribution in [0.1, 0.15) is 46.5 Å². The van der Waals surface area contributed by atoms with Crippen molar-refractivity contribution in [1.29, 1.82) is 0 Å².